The summed E-state index contributed by atoms with van der Waals surface area (Å²) < 4.78 is 10.7. The van der Waals surface area contributed by atoms with Crippen LogP contribution in [0.3, 0.4) is 0 Å². The van der Waals surface area contributed by atoms with Crippen LogP contribution in [-0.4, -0.2) is 24.3 Å². The van der Waals surface area contributed by atoms with E-state index in [1.807, 2.05) is 32.9 Å². The van der Waals surface area contributed by atoms with E-state index in [1.165, 1.54) is 25.7 Å². The van der Waals surface area contributed by atoms with Crippen LogP contribution in [0.15, 0.2) is 48.6 Å². The van der Waals surface area contributed by atoms with Crippen LogP contribution < -0.4 is 0 Å². The molecule has 0 aliphatic carbocycles. The van der Waals surface area contributed by atoms with Crippen molar-refractivity contribution in [3.63, 3.8) is 0 Å². The number of unbranched alkanes of at least 4 members (excludes halogenated alkanes) is 3. The lowest BCUT2D eigenvalue weighted by molar-refractivity contribution is -0.166. The van der Waals surface area contributed by atoms with Gasteiger partial charge in [0.25, 0.3) is 0 Å². The van der Waals surface area contributed by atoms with Crippen molar-refractivity contribution in [2.45, 2.75) is 91.3 Å². The van der Waals surface area contributed by atoms with Crippen molar-refractivity contribution in [3.05, 3.63) is 48.6 Å². The molecule has 0 aromatic heterocycles. The highest BCUT2D eigenvalue weighted by Gasteiger charge is 2.21. The quantitative estimate of drug-likeness (QED) is 0.192. The molecule has 1 unspecified atom stereocenters. The summed E-state index contributed by atoms with van der Waals surface area (Å²) >= 11 is 0. The molecular formula is C24H40O3. The first-order chi connectivity index (χ1) is 12.9. The second-order valence-corrected chi connectivity index (χ2v) is 7.60. The molecule has 0 heterocycles. The Morgan fingerprint density at radius 2 is 1.37 bits per heavy atom. The second-order valence-electron chi connectivity index (χ2n) is 7.60. The van der Waals surface area contributed by atoms with Crippen molar-refractivity contribution in [1.29, 1.82) is 0 Å². The van der Waals surface area contributed by atoms with Crippen LogP contribution in [0.25, 0.3) is 0 Å². The summed E-state index contributed by atoms with van der Waals surface area (Å²) in [5, 5.41) is 0. The highest BCUT2D eigenvalue weighted by molar-refractivity contribution is 5.74. The van der Waals surface area contributed by atoms with Crippen molar-refractivity contribution < 1.29 is 14.3 Å². The van der Waals surface area contributed by atoms with Gasteiger partial charge in [0.15, 0.2) is 6.10 Å². The average Bonchev–Trinajstić information content (AvgIpc) is 2.59. The molecule has 0 saturated heterocycles. The Morgan fingerprint density at radius 1 is 0.852 bits per heavy atom. The van der Waals surface area contributed by atoms with Gasteiger partial charge in [-0.1, -0.05) is 68.4 Å². The molecule has 1 atom stereocenters. The van der Waals surface area contributed by atoms with E-state index in [4.69, 9.17) is 9.47 Å². The Bertz CT molecular complexity index is 478. The summed E-state index contributed by atoms with van der Waals surface area (Å²) in [7, 11) is 0. The van der Waals surface area contributed by atoms with Crippen molar-refractivity contribution >= 4 is 5.97 Å². The van der Waals surface area contributed by atoms with Crippen molar-refractivity contribution in [1.82, 2.24) is 0 Å². The Kier molecular flexibility index (Phi) is 15.6. The first kappa shape index (κ1) is 25.4. The Labute approximate surface area is 167 Å². The maximum atomic E-state index is 11.8. The van der Waals surface area contributed by atoms with E-state index in [2.05, 4.69) is 43.4 Å². The number of rotatable bonds is 14. The van der Waals surface area contributed by atoms with Crippen LogP contribution in [0.5, 0.6) is 0 Å². The van der Waals surface area contributed by atoms with E-state index in [1.54, 1.807) is 6.92 Å². The highest BCUT2D eigenvalue weighted by Crippen LogP contribution is 2.09. The lowest BCUT2D eigenvalue weighted by atomic mass is 10.2. The number of allylic oxidation sites excluding steroid dienone is 7. The Balaban J connectivity index is 3.68. The van der Waals surface area contributed by atoms with E-state index in [0.717, 1.165) is 19.3 Å². The van der Waals surface area contributed by atoms with E-state index < -0.39 is 11.7 Å². The molecule has 0 aliphatic heterocycles. The number of carbonyl (C=O) groups is 1. The normalized spacial score (nSPS) is 14.1. The number of hydrogen-bond acceptors (Lipinski definition) is 3. The standard InChI is InChI=1S/C24H40O3/c1-6-7-8-9-10-11-12-13-14-15-16-17-18-19-20-21-26-22(2)23(25)27-24(3,4)5/h10-11,13-14,16-17,19-20,22H,6-9,12,15,18,21H2,1-5H3/b11-10-,14-13-,17-16-,20-19-. The lowest BCUT2D eigenvalue weighted by Gasteiger charge is -2.22. The van der Waals surface area contributed by atoms with Crippen LogP contribution in [0, 0.1) is 0 Å². The summed E-state index contributed by atoms with van der Waals surface area (Å²) in [5.41, 5.74) is -0.477. The van der Waals surface area contributed by atoms with E-state index >= 15 is 0 Å². The third kappa shape index (κ3) is 19.0. The minimum absolute atomic E-state index is 0.321. The number of esters is 1. The van der Waals surface area contributed by atoms with Crippen LogP contribution in [0.1, 0.15) is 79.6 Å². The molecule has 0 aromatic rings. The zero-order valence-electron chi connectivity index (χ0n) is 18.1. The molecule has 0 fully saturated rings. The minimum Gasteiger partial charge on any atom is -0.458 e. The molecule has 27 heavy (non-hydrogen) atoms. The monoisotopic (exact) mass is 376 g/mol. The molecule has 3 heteroatoms. The van der Waals surface area contributed by atoms with Gasteiger partial charge >= 0.3 is 5.97 Å². The molecule has 0 saturated carbocycles. The Morgan fingerprint density at radius 3 is 1.89 bits per heavy atom. The summed E-state index contributed by atoms with van der Waals surface area (Å²) in [6, 6.07) is 0. The molecule has 0 N–H and O–H groups in total. The molecule has 0 bridgehead atoms. The molecule has 154 valence electrons. The third-order valence-corrected chi connectivity index (χ3v) is 3.64. The SMILES string of the molecule is CCCCC/C=C\C/C=C\C/C=C\C/C=C\COC(C)C(=O)OC(C)(C)C. The van der Waals surface area contributed by atoms with Crippen molar-refractivity contribution in [3.8, 4) is 0 Å². The maximum Gasteiger partial charge on any atom is 0.335 e. The zero-order chi connectivity index (χ0) is 20.4. The van der Waals surface area contributed by atoms with E-state index in [0.29, 0.717) is 6.61 Å². The second kappa shape index (κ2) is 16.6. The van der Waals surface area contributed by atoms with E-state index in [-0.39, 0.29) is 5.97 Å². The maximum absolute atomic E-state index is 11.8. The number of carbonyl (C=O) groups excluding carboxylic acids is 1. The van der Waals surface area contributed by atoms with Gasteiger partial charge in [-0.3, -0.25) is 0 Å². The van der Waals surface area contributed by atoms with Gasteiger partial charge in [-0.05, 0) is 59.8 Å². The number of ether oxygens (including phenoxy) is 2. The smallest absolute Gasteiger partial charge is 0.335 e. The fraction of sp³-hybridized carbons (Fsp3) is 0.625. The van der Waals surface area contributed by atoms with Crippen LogP contribution in [0.4, 0.5) is 0 Å². The average molecular weight is 377 g/mol. The first-order valence-electron chi connectivity index (χ1n) is 10.3. The zero-order valence-corrected chi connectivity index (χ0v) is 18.1. The lowest BCUT2D eigenvalue weighted by Crippen LogP contribution is -2.31. The molecule has 3 nitrogen and oxygen atoms in total. The predicted molar refractivity (Wildman–Crippen MR) is 116 cm³/mol. The molecule has 0 aliphatic rings. The van der Waals surface area contributed by atoms with Gasteiger partial charge in [0.05, 0.1) is 6.61 Å². The van der Waals surface area contributed by atoms with Crippen molar-refractivity contribution in [2.75, 3.05) is 6.61 Å². The van der Waals surface area contributed by atoms with Crippen LogP contribution in [0.2, 0.25) is 0 Å². The van der Waals surface area contributed by atoms with Gasteiger partial charge in [-0.2, -0.15) is 0 Å². The number of hydrogen-bond donors (Lipinski definition) is 0. The van der Waals surface area contributed by atoms with Gasteiger partial charge in [0, 0.05) is 0 Å². The summed E-state index contributed by atoms with van der Waals surface area (Å²) in [5.74, 6) is -0.321. The Hall–Kier alpha value is -1.61. The third-order valence-electron chi connectivity index (χ3n) is 3.64. The first-order valence-corrected chi connectivity index (χ1v) is 10.3. The summed E-state index contributed by atoms with van der Waals surface area (Å²) in [6.07, 6.45) is 24.6. The molecule has 0 aromatic carbocycles. The van der Waals surface area contributed by atoms with Crippen LogP contribution >= 0.6 is 0 Å². The predicted octanol–water partition coefficient (Wildman–Crippen LogP) is 6.71. The molecule has 0 spiro atoms. The van der Waals surface area contributed by atoms with Gasteiger partial charge in [0.2, 0.25) is 0 Å². The largest absolute Gasteiger partial charge is 0.458 e. The molecule has 0 amide bonds. The van der Waals surface area contributed by atoms with Crippen molar-refractivity contribution in [2.24, 2.45) is 0 Å². The van der Waals surface area contributed by atoms with Gasteiger partial charge in [-0.25, -0.2) is 4.79 Å². The summed E-state index contributed by atoms with van der Waals surface area (Å²) in [6.45, 7) is 9.92. The topological polar surface area (TPSA) is 35.5 Å². The molecule has 0 radical (unpaired) electrons. The summed E-state index contributed by atoms with van der Waals surface area (Å²) in [4.78, 5) is 11.8. The van der Waals surface area contributed by atoms with Gasteiger partial charge < -0.3 is 9.47 Å². The van der Waals surface area contributed by atoms with Gasteiger partial charge in [-0.15, -0.1) is 0 Å². The molecule has 0 rings (SSSR count). The fourth-order valence-electron chi connectivity index (χ4n) is 2.16. The molecular weight excluding hydrogens is 336 g/mol. The van der Waals surface area contributed by atoms with Crippen LogP contribution in [-0.2, 0) is 14.3 Å². The fourth-order valence-corrected chi connectivity index (χ4v) is 2.16. The van der Waals surface area contributed by atoms with Gasteiger partial charge in [0.1, 0.15) is 5.60 Å². The highest BCUT2D eigenvalue weighted by atomic mass is 16.6. The van der Waals surface area contributed by atoms with E-state index in [9.17, 15) is 4.79 Å². The minimum atomic E-state index is -0.546.